The molecule has 2 aromatic carbocycles. The summed E-state index contributed by atoms with van der Waals surface area (Å²) in [6.07, 6.45) is 3.94. The monoisotopic (exact) mass is 821 g/mol. The molecule has 0 aliphatic carbocycles. The van der Waals surface area contributed by atoms with Gasteiger partial charge in [0.25, 0.3) is 17.7 Å². The van der Waals surface area contributed by atoms with Gasteiger partial charge in [-0.3, -0.25) is 14.4 Å². The maximum absolute atomic E-state index is 12.2. The molecular formula is C45H43N9O7. The number of rotatable bonds is 6. The molecule has 0 spiro atoms. The maximum atomic E-state index is 12.2. The summed E-state index contributed by atoms with van der Waals surface area (Å²) in [6, 6.07) is 17.8. The maximum Gasteiger partial charge on any atom is 0.356 e. The number of likely N-dealkylation sites (tertiary alicyclic amines) is 2. The summed E-state index contributed by atoms with van der Waals surface area (Å²) >= 11 is 0. The zero-order valence-corrected chi connectivity index (χ0v) is 34.3. The van der Waals surface area contributed by atoms with Gasteiger partial charge in [-0.1, -0.05) is 47.9 Å². The summed E-state index contributed by atoms with van der Waals surface area (Å²) in [6.45, 7) is 6.27. The van der Waals surface area contributed by atoms with Gasteiger partial charge in [-0.05, 0) is 50.2 Å². The van der Waals surface area contributed by atoms with Gasteiger partial charge in [-0.25, -0.2) is 24.7 Å². The number of hydrogen-bond acceptors (Lipinski definition) is 11. The van der Waals surface area contributed by atoms with Crippen molar-refractivity contribution in [2.24, 2.45) is 5.73 Å². The van der Waals surface area contributed by atoms with Crippen molar-refractivity contribution in [2.75, 3.05) is 34.3 Å². The molecule has 61 heavy (non-hydrogen) atoms. The number of carbonyl (C=O) groups is 4. The molecule has 4 N–H and O–H groups in total. The molecule has 2 atom stereocenters. The number of amides is 3. The predicted molar refractivity (Wildman–Crippen MR) is 225 cm³/mol. The highest BCUT2D eigenvalue weighted by Gasteiger charge is 2.43. The predicted octanol–water partition coefficient (Wildman–Crippen LogP) is 3.01. The highest BCUT2D eigenvalue weighted by atomic mass is 16.5. The summed E-state index contributed by atoms with van der Waals surface area (Å²) in [5.74, 6) is 9.30. The Balaban J connectivity index is 0.000000184. The lowest BCUT2D eigenvalue weighted by Gasteiger charge is -2.13. The zero-order valence-electron chi connectivity index (χ0n) is 34.3. The van der Waals surface area contributed by atoms with E-state index in [9.17, 15) is 29.4 Å². The van der Waals surface area contributed by atoms with E-state index in [2.05, 4.69) is 43.6 Å². The van der Waals surface area contributed by atoms with Crippen LogP contribution in [0.3, 0.4) is 0 Å². The van der Waals surface area contributed by atoms with Gasteiger partial charge >= 0.3 is 5.97 Å². The summed E-state index contributed by atoms with van der Waals surface area (Å²) in [5, 5.41) is 21.0. The van der Waals surface area contributed by atoms with Crippen molar-refractivity contribution in [1.82, 2.24) is 38.9 Å². The molecule has 0 radical (unpaired) electrons. The number of nitrogens with two attached hydrogens (primary N) is 1. The Labute approximate surface area is 351 Å². The smallest absolute Gasteiger partial charge is 0.356 e. The first-order valence-electron chi connectivity index (χ1n) is 19.5. The van der Waals surface area contributed by atoms with Crippen LogP contribution >= 0.6 is 0 Å². The summed E-state index contributed by atoms with van der Waals surface area (Å²) in [5.41, 5.74) is 9.03. The number of primary amides is 1. The Morgan fingerprint density at radius 3 is 1.57 bits per heavy atom. The Morgan fingerprint density at radius 2 is 1.18 bits per heavy atom. The Hall–Kier alpha value is -7.40. The minimum Gasteiger partial charge on any atom is -0.464 e. The van der Waals surface area contributed by atoms with Crippen LogP contribution in [0.1, 0.15) is 58.8 Å². The first-order chi connectivity index (χ1) is 29.2. The van der Waals surface area contributed by atoms with E-state index >= 15 is 0 Å². The summed E-state index contributed by atoms with van der Waals surface area (Å²) in [7, 11) is 4.59. The van der Waals surface area contributed by atoms with Crippen LogP contribution in [0, 0.1) is 23.7 Å². The van der Waals surface area contributed by atoms with Gasteiger partial charge in [-0.2, -0.15) is 0 Å². The van der Waals surface area contributed by atoms with E-state index in [4.69, 9.17) is 10.5 Å². The number of pyridine rings is 2. The van der Waals surface area contributed by atoms with Gasteiger partial charge in [0.05, 0.1) is 42.2 Å². The average molecular weight is 822 g/mol. The number of aryl methyl sites for hydroxylation is 2. The molecule has 6 heterocycles. The van der Waals surface area contributed by atoms with Crippen LogP contribution in [0.15, 0.2) is 73.3 Å². The molecule has 2 saturated heterocycles. The Morgan fingerprint density at radius 1 is 0.738 bits per heavy atom. The number of likely N-dealkylation sites (N-methyl/N-ethyl adjacent to an activating group) is 2. The molecule has 3 amide bonds. The van der Waals surface area contributed by atoms with Crippen molar-refractivity contribution in [2.45, 2.75) is 51.0 Å². The highest BCUT2D eigenvalue weighted by molar-refractivity contribution is 5.99. The van der Waals surface area contributed by atoms with Crippen molar-refractivity contribution in [3.8, 4) is 46.2 Å². The topological polar surface area (TPSA) is 212 Å². The molecule has 0 unspecified atom stereocenters. The molecular weight excluding hydrogens is 779 g/mol. The van der Waals surface area contributed by atoms with Crippen molar-refractivity contribution < 1.29 is 34.1 Å². The second kappa shape index (κ2) is 16.7. The van der Waals surface area contributed by atoms with Crippen molar-refractivity contribution in [3.05, 3.63) is 95.8 Å². The number of ether oxygens (including phenoxy) is 1. The number of hydrogen-bond donors (Lipinski definition) is 3. The second-order valence-electron chi connectivity index (χ2n) is 14.7. The standard InChI is InChI=1S/C23H22N4O4.C22H21N5O3/c1-4-27-14-24-20-18(27)13-17(21(28)31-3)25-19(20)16-7-5-6-15(12-16)8-9-23(30)10-11-26(2)22(23)29;1-3-27-13-24-19-17(27)12-16(20(23)28)25-18(19)15-6-4-5-14(11-15)7-8-22(30)9-10-26(2)21(22)29/h5-7,12-14,30H,4,10-11H2,1-3H3;4-6,11-13,30H,3,9-10H2,1-2H3,(H2,23,28)/t23-;22-/m00/s1. The van der Waals surface area contributed by atoms with Gasteiger partial charge in [0.15, 0.2) is 5.69 Å². The molecule has 0 bridgehead atoms. The number of fused-ring (bicyclic) bond motifs is 2. The van der Waals surface area contributed by atoms with Gasteiger partial charge in [-0.15, -0.1) is 0 Å². The van der Waals surface area contributed by atoms with Gasteiger partial charge < -0.3 is 39.6 Å². The van der Waals surface area contributed by atoms with Crippen LogP contribution in [0.2, 0.25) is 0 Å². The summed E-state index contributed by atoms with van der Waals surface area (Å²) in [4.78, 5) is 69.0. The number of aliphatic hydroxyl groups is 2. The van der Waals surface area contributed by atoms with E-state index in [1.54, 1.807) is 75.3 Å². The van der Waals surface area contributed by atoms with E-state index in [0.717, 1.165) is 11.0 Å². The number of benzene rings is 2. The highest BCUT2D eigenvalue weighted by Crippen LogP contribution is 2.30. The lowest BCUT2D eigenvalue weighted by Crippen LogP contribution is -2.37. The molecule has 8 rings (SSSR count). The lowest BCUT2D eigenvalue weighted by atomic mass is 10.0. The van der Waals surface area contributed by atoms with Gasteiger partial charge in [0, 0.05) is 75.4 Å². The largest absolute Gasteiger partial charge is 0.464 e. The molecule has 0 saturated carbocycles. The number of methoxy groups -OCH3 is 1. The molecule has 6 aromatic rings. The summed E-state index contributed by atoms with van der Waals surface area (Å²) < 4.78 is 8.69. The van der Waals surface area contributed by atoms with Crippen LogP contribution in [0.5, 0.6) is 0 Å². The molecule has 4 aromatic heterocycles. The van der Waals surface area contributed by atoms with Crippen LogP contribution in [0.25, 0.3) is 44.6 Å². The first kappa shape index (κ1) is 41.7. The lowest BCUT2D eigenvalue weighted by molar-refractivity contribution is -0.138. The quantitative estimate of drug-likeness (QED) is 0.164. The molecule has 16 heteroatoms. The third-order valence-corrected chi connectivity index (χ3v) is 10.7. The number of carbonyl (C=O) groups excluding carboxylic acids is 4. The van der Waals surface area contributed by atoms with Gasteiger partial charge in [0.2, 0.25) is 11.2 Å². The van der Waals surface area contributed by atoms with Crippen LogP contribution in [0.4, 0.5) is 0 Å². The van der Waals surface area contributed by atoms with Crippen molar-refractivity contribution in [3.63, 3.8) is 0 Å². The van der Waals surface area contributed by atoms with Crippen molar-refractivity contribution >= 4 is 45.8 Å². The molecule has 310 valence electrons. The van der Waals surface area contributed by atoms with Gasteiger partial charge in [0.1, 0.15) is 16.7 Å². The van der Waals surface area contributed by atoms with E-state index < -0.39 is 34.9 Å². The zero-order chi connectivity index (χ0) is 43.6. The number of imidazole rings is 2. The average Bonchev–Trinajstić information content (AvgIpc) is 4.03. The third-order valence-electron chi connectivity index (χ3n) is 10.7. The minimum atomic E-state index is -1.67. The number of nitrogens with zero attached hydrogens (tertiary/aromatic N) is 8. The van der Waals surface area contributed by atoms with E-state index in [0.29, 0.717) is 70.9 Å². The van der Waals surface area contributed by atoms with Crippen molar-refractivity contribution in [1.29, 1.82) is 0 Å². The van der Waals surface area contributed by atoms with Crippen LogP contribution < -0.4 is 5.73 Å². The first-order valence-corrected chi connectivity index (χ1v) is 19.5. The Kier molecular flexibility index (Phi) is 11.4. The number of esters is 1. The van der Waals surface area contributed by atoms with Crippen LogP contribution in [-0.2, 0) is 27.4 Å². The van der Waals surface area contributed by atoms with Crippen LogP contribution in [-0.4, -0.2) is 118 Å². The second-order valence-corrected chi connectivity index (χ2v) is 14.7. The van der Waals surface area contributed by atoms with E-state index in [1.807, 2.05) is 35.1 Å². The molecule has 2 fully saturated rings. The third kappa shape index (κ3) is 8.14. The number of aromatic nitrogens is 6. The normalized spacial score (nSPS) is 18.3. The fourth-order valence-corrected chi connectivity index (χ4v) is 7.14. The molecule has 16 nitrogen and oxygen atoms in total. The fourth-order valence-electron chi connectivity index (χ4n) is 7.14. The molecule has 2 aliphatic rings. The van der Waals surface area contributed by atoms with E-state index in [-0.39, 0.29) is 24.2 Å². The van der Waals surface area contributed by atoms with E-state index in [1.165, 1.54) is 16.9 Å². The Bertz CT molecular complexity index is 2880. The molecule has 2 aliphatic heterocycles. The SMILES string of the molecule is CCn1cnc2c(-c3cccc(C#C[C@]4(O)CCN(C)C4=O)c3)nc(C(=O)OC)cc21.CCn1cnc2c(-c3cccc(C#C[C@]4(O)CCN(C)C4=O)c3)nc(C(N)=O)cc21. The minimum absolute atomic E-state index is 0.151. The fraction of sp³-hybridized carbons (Fsp3) is 0.289.